The standard InChI is InChI=1S/C16H16N4O2S/c17-23(21,22)13-7-5-12(6-8-13)9-10-18-16-11-19-14-3-1-2-4-15(14)20-16/h1-8,11H,9-10H2,(H,18,20)(H2,17,21,22). The number of rotatable bonds is 5. The first kappa shape index (κ1) is 15.4. The molecule has 0 aliphatic rings. The van der Waals surface area contributed by atoms with Crippen molar-refractivity contribution in [2.45, 2.75) is 11.3 Å². The quantitative estimate of drug-likeness (QED) is 0.746. The molecular weight excluding hydrogens is 312 g/mol. The number of hydrogen-bond donors (Lipinski definition) is 2. The van der Waals surface area contributed by atoms with Crippen molar-refractivity contribution >= 4 is 26.9 Å². The van der Waals surface area contributed by atoms with Gasteiger partial charge in [-0.25, -0.2) is 18.5 Å². The Labute approximate surface area is 134 Å². The van der Waals surface area contributed by atoms with E-state index in [1.807, 2.05) is 24.3 Å². The Kier molecular flexibility index (Phi) is 4.22. The van der Waals surface area contributed by atoms with E-state index in [0.29, 0.717) is 12.4 Å². The molecule has 0 radical (unpaired) electrons. The first-order valence-electron chi connectivity index (χ1n) is 7.10. The minimum absolute atomic E-state index is 0.120. The predicted octanol–water partition coefficient (Wildman–Crippen LogP) is 1.93. The molecular formula is C16H16N4O2S. The van der Waals surface area contributed by atoms with Gasteiger partial charge in [0.25, 0.3) is 0 Å². The van der Waals surface area contributed by atoms with Gasteiger partial charge in [0.2, 0.25) is 10.0 Å². The number of anilines is 1. The zero-order valence-corrected chi connectivity index (χ0v) is 13.1. The predicted molar refractivity (Wildman–Crippen MR) is 89.5 cm³/mol. The van der Waals surface area contributed by atoms with Crippen molar-refractivity contribution in [1.82, 2.24) is 9.97 Å². The molecule has 23 heavy (non-hydrogen) atoms. The first-order chi connectivity index (χ1) is 11.0. The molecule has 118 valence electrons. The molecule has 3 rings (SSSR count). The lowest BCUT2D eigenvalue weighted by Crippen LogP contribution is -2.12. The molecule has 7 heteroatoms. The molecule has 0 fully saturated rings. The Balaban J connectivity index is 1.62. The molecule has 0 saturated carbocycles. The molecule has 3 aromatic rings. The Morgan fingerprint density at radius 2 is 1.70 bits per heavy atom. The highest BCUT2D eigenvalue weighted by Crippen LogP contribution is 2.12. The number of nitrogens with two attached hydrogens (primary N) is 1. The minimum Gasteiger partial charge on any atom is -0.368 e. The summed E-state index contributed by atoms with van der Waals surface area (Å²) >= 11 is 0. The van der Waals surface area contributed by atoms with Gasteiger partial charge >= 0.3 is 0 Å². The van der Waals surface area contributed by atoms with E-state index < -0.39 is 10.0 Å². The Morgan fingerprint density at radius 3 is 2.39 bits per heavy atom. The Hall–Kier alpha value is -2.51. The van der Waals surface area contributed by atoms with Gasteiger partial charge in [-0.05, 0) is 36.2 Å². The molecule has 2 aromatic carbocycles. The van der Waals surface area contributed by atoms with Crippen molar-refractivity contribution in [2.24, 2.45) is 5.14 Å². The van der Waals surface area contributed by atoms with Crippen LogP contribution in [0.4, 0.5) is 5.82 Å². The van der Waals surface area contributed by atoms with Crippen LogP contribution in [0.1, 0.15) is 5.56 Å². The largest absolute Gasteiger partial charge is 0.368 e. The van der Waals surface area contributed by atoms with Gasteiger partial charge in [0, 0.05) is 6.54 Å². The van der Waals surface area contributed by atoms with Crippen LogP contribution in [-0.4, -0.2) is 24.9 Å². The minimum atomic E-state index is -3.64. The molecule has 0 unspecified atom stereocenters. The third-order valence-corrected chi connectivity index (χ3v) is 4.35. The van der Waals surface area contributed by atoms with Crippen LogP contribution < -0.4 is 10.5 Å². The third kappa shape index (κ3) is 3.82. The molecule has 6 nitrogen and oxygen atoms in total. The smallest absolute Gasteiger partial charge is 0.238 e. The Morgan fingerprint density at radius 1 is 1.00 bits per heavy atom. The number of benzene rings is 2. The van der Waals surface area contributed by atoms with E-state index in [0.717, 1.165) is 23.0 Å². The fraction of sp³-hybridized carbons (Fsp3) is 0.125. The van der Waals surface area contributed by atoms with E-state index in [2.05, 4.69) is 15.3 Å². The second-order valence-electron chi connectivity index (χ2n) is 5.11. The summed E-state index contributed by atoms with van der Waals surface area (Å²) in [6, 6.07) is 14.2. The second kappa shape index (κ2) is 6.31. The van der Waals surface area contributed by atoms with E-state index >= 15 is 0 Å². The molecule has 1 aromatic heterocycles. The summed E-state index contributed by atoms with van der Waals surface area (Å²) in [6.07, 6.45) is 2.44. The van der Waals surface area contributed by atoms with Crippen LogP contribution in [0.3, 0.4) is 0 Å². The van der Waals surface area contributed by atoms with Crippen molar-refractivity contribution in [3.8, 4) is 0 Å². The van der Waals surface area contributed by atoms with E-state index in [9.17, 15) is 8.42 Å². The van der Waals surface area contributed by atoms with Crippen LogP contribution in [0.25, 0.3) is 11.0 Å². The summed E-state index contributed by atoms with van der Waals surface area (Å²) in [5, 5.41) is 8.29. The molecule has 1 heterocycles. The van der Waals surface area contributed by atoms with Crippen LogP contribution in [0, 0.1) is 0 Å². The summed E-state index contributed by atoms with van der Waals surface area (Å²) < 4.78 is 22.4. The topological polar surface area (TPSA) is 98.0 Å². The number of nitrogens with one attached hydrogen (secondary N) is 1. The summed E-state index contributed by atoms with van der Waals surface area (Å²) in [5.41, 5.74) is 2.71. The summed E-state index contributed by atoms with van der Waals surface area (Å²) in [4.78, 5) is 8.94. The number of aromatic nitrogens is 2. The number of fused-ring (bicyclic) bond motifs is 1. The van der Waals surface area contributed by atoms with Gasteiger partial charge in [0.1, 0.15) is 5.82 Å². The summed E-state index contributed by atoms with van der Waals surface area (Å²) in [7, 11) is -3.64. The van der Waals surface area contributed by atoms with Gasteiger partial charge in [0.05, 0.1) is 22.1 Å². The summed E-state index contributed by atoms with van der Waals surface area (Å²) in [5.74, 6) is 0.713. The van der Waals surface area contributed by atoms with Crippen LogP contribution in [0.5, 0.6) is 0 Å². The highest BCUT2D eigenvalue weighted by atomic mass is 32.2. The molecule has 3 N–H and O–H groups in total. The van der Waals surface area contributed by atoms with Gasteiger partial charge in [-0.15, -0.1) is 0 Å². The van der Waals surface area contributed by atoms with Crippen LogP contribution in [-0.2, 0) is 16.4 Å². The number of sulfonamides is 1. The van der Waals surface area contributed by atoms with Crippen molar-refractivity contribution in [3.63, 3.8) is 0 Å². The highest BCUT2D eigenvalue weighted by Gasteiger charge is 2.06. The normalized spacial score (nSPS) is 11.5. The van der Waals surface area contributed by atoms with Crippen molar-refractivity contribution in [2.75, 3.05) is 11.9 Å². The maximum absolute atomic E-state index is 11.2. The molecule has 0 bridgehead atoms. The van der Waals surface area contributed by atoms with Gasteiger partial charge in [-0.1, -0.05) is 24.3 Å². The monoisotopic (exact) mass is 328 g/mol. The SMILES string of the molecule is NS(=O)(=O)c1ccc(CCNc2cnc3ccccc3n2)cc1. The van der Waals surface area contributed by atoms with Crippen molar-refractivity contribution in [1.29, 1.82) is 0 Å². The average Bonchev–Trinajstić information content (AvgIpc) is 2.54. The molecule has 0 atom stereocenters. The lowest BCUT2D eigenvalue weighted by Gasteiger charge is -2.07. The lowest BCUT2D eigenvalue weighted by molar-refractivity contribution is 0.598. The molecule has 0 saturated heterocycles. The van der Waals surface area contributed by atoms with Crippen molar-refractivity contribution < 1.29 is 8.42 Å². The van der Waals surface area contributed by atoms with E-state index in [1.165, 1.54) is 12.1 Å². The lowest BCUT2D eigenvalue weighted by atomic mass is 10.1. The average molecular weight is 328 g/mol. The first-order valence-corrected chi connectivity index (χ1v) is 8.64. The number of nitrogens with zero attached hydrogens (tertiary/aromatic N) is 2. The van der Waals surface area contributed by atoms with Crippen LogP contribution in [0.2, 0.25) is 0 Å². The van der Waals surface area contributed by atoms with Gasteiger partial charge in [-0.2, -0.15) is 0 Å². The fourth-order valence-corrected chi connectivity index (χ4v) is 2.74. The van der Waals surface area contributed by atoms with E-state index in [1.54, 1.807) is 18.3 Å². The Bertz CT molecular complexity index is 924. The molecule has 0 aliphatic carbocycles. The van der Waals surface area contributed by atoms with Crippen molar-refractivity contribution in [3.05, 3.63) is 60.3 Å². The van der Waals surface area contributed by atoms with Gasteiger partial charge < -0.3 is 5.32 Å². The maximum Gasteiger partial charge on any atom is 0.238 e. The zero-order chi connectivity index (χ0) is 16.3. The molecule has 0 amide bonds. The summed E-state index contributed by atoms with van der Waals surface area (Å²) in [6.45, 7) is 0.668. The fourth-order valence-electron chi connectivity index (χ4n) is 2.22. The van der Waals surface area contributed by atoms with Crippen LogP contribution in [0.15, 0.2) is 59.6 Å². The van der Waals surface area contributed by atoms with E-state index in [-0.39, 0.29) is 4.90 Å². The van der Waals surface area contributed by atoms with Gasteiger partial charge in [0.15, 0.2) is 0 Å². The second-order valence-corrected chi connectivity index (χ2v) is 6.67. The number of para-hydroxylation sites is 2. The maximum atomic E-state index is 11.2. The van der Waals surface area contributed by atoms with E-state index in [4.69, 9.17) is 5.14 Å². The molecule has 0 aliphatic heterocycles. The zero-order valence-electron chi connectivity index (χ0n) is 12.3. The number of hydrogen-bond acceptors (Lipinski definition) is 5. The van der Waals surface area contributed by atoms with Crippen LogP contribution >= 0.6 is 0 Å². The number of primary sulfonamides is 1. The highest BCUT2D eigenvalue weighted by molar-refractivity contribution is 7.89. The van der Waals surface area contributed by atoms with Gasteiger partial charge in [-0.3, -0.25) is 4.98 Å². The molecule has 0 spiro atoms. The third-order valence-electron chi connectivity index (χ3n) is 3.42.